The monoisotopic (exact) mass is 386 g/mol. The topological polar surface area (TPSA) is 68.8 Å². The molecule has 26 heavy (non-hydrogen) atoms. The molecule has 0 aromatic heterocycles. The Hall–Kier alpha value is -2.42. The number of carbonyl (C=O) groups excluding carboxylic acids is 1. The van der Waals surface area contributed by atoms with E-state index >= 15 is 0 Å². The number of nitrogens with one attached hydrogen (secondary N) is 2. The summed E-state index contributed by atoms with van der Waals surface area (Å²) in [7, 11) is 2.63. The van der Waals surface area contributed by atoms with Crippen LogP contribution in [0.4, 0.5) is 8.78 Å². The summed E-state index contributed by atoms with van der Waals surface area (Å²) in [4.78, 5) is 12.3. The molecule has 1 aliphatic heterocycles. The van der Waals surface area contributed by atoms with Gasteiger partial charge >= 0.3 is 12.6 Å². The van der Waals surface area contributed by atoms with Crippen LogP contribution in [0.1, 0.15) is 31.4 Å². The lowest BCUT2D eigenvalue weighted by atomic mass is 9.93. The fourth-order valence-electron chi connectivity index (χ4n) is 2.73. The Morgan fingerprint density at radius 2 is 2.04 bits per heavy atom. The highest BCUT2D eigenvalue weighted by molar-refractivity contribution is 7.80. The maximum Gasteiger partial charge on any atom is 0.387 e. The molecule has 1 heterocycles. The number of alkyl halides is 2. The van der Waals surface area contributed by atoms with Gasteiger partial charge in [0.2, 0.25) is 0 Å². The van der Waals surface area contributed by atoms with Gasteiger partial charge in [-0.15, -0.1) is 0 Å². The minimum atomic E-state index is -3.01. The third-order valence-electron chi connectivity index (χ3n) is 3.80. The molecule has 0 bridgehead atoms. The lowest BCUT2D eigenvalue weighted by molar-refractivity contribution is -0.136. The maximum atomic E-state index is 12.7. The molecule has 6 nitrogen and oxygen atoms in total. The molecule has 2 rings (SSSR count). The molecule has 0 aliphatic carbocycles. The summed E-state index contributed by atoms with van der Waals surface area (Å²) in [5.41, 5.74) is 1.50. The van der Waals surface area contributed by atoms with Crippen molar-refractivity contribution in [3.05, 3.63) is 35.0 Å². The number of halogens is 2. The van der Waals surface area contributed by atoms with Crippen LogP contribution in [0.25, 0.3) is 0 Å². The second-order valence-corrected chi connectivity index (χ2v) is 5.86. The summed E-state index contributed by atoms with van der Waals surface area (Å²) in [6.45, 7) is -1.04. The van der Waals surface area contributed by atoms with E-state index in [1.807, 2.05) is 6.92 Å². The molecule has 0 fully saturated rings. The van der Waals surface area contributed by atoms with Crippen molar-refractivity contribution in [1.82, 2.24) is 10.6 Å². The van der Waals surface area contributed by atoms with Gasteiger partial charge in [-0.3, -0.25) is 0 Å². The standard InChI is InChI=1S/C17H20F2N2O4S/c1-4-5-10-13(15(22)24-3)14(21-17(26)20-10)9-6-7-11(23-2)12(8-9)25-16(18)19/h6-8,14,16H,4-5H2,1-3H3,(H2,20,21,26)/t14-/m0/s1. The molecule has 9 heteroatoms. The first-order valence-corrected chi connectivity index (χ1v) is 8.33. The van der Waals surface area contributed by atoms with Crippen molar-refractivity contribution in [1.29, 1.82) is 0 Å². The van der Waals surface area contributed by atoms with Gasteiger partial charge in [0, 0.05) is 5.70 Å². The smallest absolute Gasteiger partial charge is 0.387 e. The predicted molar refractivity (Wildman–Crippen MR) is 95.2 cm³/mol. The van der Waals surface area contributed by atoms with Gasteiger partial charge in [0.1, 0.15) is 0 Å². The molecule has 1 atom stereocenters. The van der Waals surface area contributed by atoms with Gasteiger partial charge in [-0.25, -0.2) is 4.79 Å². The number of hydrogen-bond acceptors (Lipinski definition) is 5. The second-order valence-electron chi connectivity index (χ2n) is 5.45. The average Bonchev–Trinajstić information content (AvgIpc) is 2.60. The highest BCUT2D eigenvalue weighted by atomic mass is 32.1. The zero-order chi connectivity index (χ0) is 19.3. The number of thiocarbonyl (C=S) groups is 1. The molecule has 2 N–H and O–H groups in total. The van der Waals surface area contributed by atoms with E-state index < -0.39 is 18.6 Å². The van der Waals surface area contributed by atoms with Gasteiger partial charge < -0.3 is 24.8 Å². The Balaban J connectivity index is 2.54. The highest BCUT2D eigenvalue weighted by Crippen LogP contribution is 2.35. The summed E-state index contributed by atoms with van der Waals surface area (Å²) in [5.74, 6) is -0.511. The first-order chi connectivity index (χ1) is 12.4. The van der Waals surface area contributed by atoms with Crippen LogP contribution in [0.2, 0.25) is 0 Å². The lowest BCUT2D eigenvalue weighted by Gasteiger charge is -2.31. The van der Waals surface area contributed by atoms with Crippen molar-refractivity contribution >= 4 is 23.3 Å². The first kappa shape index (κ1) is 19.9. The van der Waals surface area contributed by atoms with Crippen LogP contribution in [0.15, 0.2) is 29.5 Å². The van der Waals surface area contributed by atoms with Gasteiger partial charge in [0.15, 0.2) is 16.6 Å². The number of carbonyl (C=O) groups is 1. The number of hydrogen-bond donors (Lipinski definition) is 2. The van der Waals surface area contributed by atoms with Crippen LogP contribution in [0, 0.1) is 0 Å². The van der Waals surface area contributed by atoms with Crippen molar-refractivity contribution in [3.63, 3.8) is 0 Å². The molecule has 0 amide bonds. The van der Waals surface area contributed by atoms with E-state index in [1.54, 1.807) is 6.07 Å². The first-order valence-electron chi connectivity index (χ1n) is 7.92. The Bertz CT molecular complexity index is 725. The average molecular weight is 386 g/mol. The van der Waals surface area contributed by atoms with Crippen molar-refractivity contribution in [3.8, 4) is 11.5 Å². The Labute approximate surface area is 155 Å². The van der Waals surface area contributed by atoms with E-state index in [0.29, 0.717) is 28.4 Å². The molecule has 142 valence electrons. The number of benzene rings is 1. The van der Waals surface area contributed by atoms with Crippen LogP contribution in [0.5, 0.6) is 11.5 Å². The molecule has 0 radical (unpaired) electrons. The van der Waals surface area contributed by atoms with Crippen LogP contribution < -0.4 is 20.1 Å². The van der Waals surface area contributed by atoms with Gasteiger partial charge in [0.05, 0.1) is 25.8 Å². The third-order valence-corrected chi connectivity index (χ3v) is 4.02. The van der Waals surface area contributed by atoms with E-state index in [-0.39, 0.29) is 11.5 Å². The van der Waals surface area contributed by atoms with Crippen molar-refractivity contribution < 1.29 is 27.8 Å². The van der Waals surface area contributed by atoms with Crippen LogP contribution >= 0.6 is 12.2 Å². The van der Waals surface area contributed by atoms with Gasteiger partial charge in [-0.1, -0.05) is 19.4 Å². The minimum Gasteiger partial charge on any atom is -0.493 e. The largest absolute Gasteiger partial charge is 0.493 e. The number of ether oxygens (including phenoxy) is 3. The van der Waals surface area contributed by atoms with Gasteiger partial charge in [0.25, 0.3) is 0 Å². The van der Waals surface area contributed by atoms with E-state index in [9.17, 15) is 13.6 Å². The zero-order valence-corrected chi connectivity index (χ0v) is 15.4. The summed E-state index contributed by atoms with van der Waals surface area (Å²) in [6.07, 6.45) is 1.36. The molecule has 0 spiro atoms. The molecule has 0 saturated heterocycles. The normalized spacial score (nSPS) is 16.8. The Morgan fingerprint density at radius 1 is 1.31 bits per heavy atom. The van der Waals surface area contributed by atoms with E-state index in [4.69, 9.17) is 21.7 Å². The fourth-order valence-corrected chi connectivity index (χ4v) is 2.97. The Kier molecular flexibility index (Phi) is 6.73. The molecule has 0 unspecified atom stereocenters. The predicted octanol–water partition coefficient (Wildman–Crippen LogP) is 3.04. The van der Waals surface area contributed by atoms with E-state index in [0.717, 1.165) is 6.42 Å². The number of rotatable bonds is 7. The summed E-state index contributed by atoms with van der Waals surface area (Å²) in [6, 6.07) is 3.87. The van der Waals surface area contributed by atoms with Crippen molar-refractivity contribution in [2.24, 2.45) is 0 Å². The third kappa shape index (κ3) is 4.40. The minimum absolute atomic E-state index is 0.132. The van der Waals surface area contributed by atoms with Gasteiger partial charge in [-0.2, -0.15) is 8.78 Å². The highest BCUT2D eigenvalue weighted by Gasteiger charge is 2.32. The molecular weight excluding hydrogens is 366 g/mol. The molecule has 1 aromatic carbocycles. The number of esters is 1. The van der Waals surface area contributed by atoms with Gasteiger partial charge in [-0.05, 0) is 36.3 Å². The lowest BCUT2D eigenvalue weighted by Crippen LogP contribution is -2.45. The van der Waals surface area contributed by atoms with Crippen molar-refractivity contribution in [2.75, 3.05) is 14.2 Å². The number of allylic oxidation sites excluding steroid dienone is 1. The quantitative estimate of drug-likeness (QED) is 0.551. The van der Waals surface area contributed by atoms with Crippen LogP contribution in [-0.4, -0.2) is 31.9 Å². The molecular formula is C17H20F2N2O4S. The Morgan fingerprint density at radius 3 is 2.62 bits per heavy atom. The van der Waals surface area contributed by atoms with Crippen LogP contribution in [0.3, 0.4) is 0 Å². The van der Waals surface area contributed by atoms with E-state index in [1.165, 1.54) is 26.4 Å². The number of methoxy groups -OCH3 is 2. The van der Waals surface area contributed by atoms with Crippen molar-refractivity contribution in [2.45, 2.75) is 32.4 Å². The molecule has 1 aliphatic rings. The molecule has 1 aromatic rings. The summed E-state index contributed by atoms with van der Waals surface area (Å²) in [5, 5.41) is 6.29. The fraction of sp³-hybridized carbons (Fsp3) is 0.412. The second kappa shape index (κ2) is 8.79. The summed E-state index contributed by atoms with van der Waals surface area (Å²) >= 11 is 5.22. The zero-order valence-electron chi connectivity index (χ0n) is 14.6. The van der Waals surface area contributed by atoms with Crippen LogP contribution in [-0.2, 0) is 9.53 Å². The summed E-state index contributed by atoms with van der Waals surface area (Å²) < 4.78 is 39.8. The van der Waals surface area contributed by atoms with E-state index in [2.05, 4.69) is 15.4 Å². The SMILES string of the molecule is CCCC1=C(C(=O)OC)[C@H](c2ccc(OC)c(OC(F)F)c2)NC(=S)N1. The maximum absolute atomic E-state index is 12.7. The molecule has 0 saturated carbocycles.